The summed E-state index contributed by atoms with van der Waals surface area (Å²) in [6, 6.07) is 19.7. The van der Waals surface area contributed by atoms with Crippen LogP contribution in [0.2, 0.25) is 0 Å². The van der Waals surface area contributed by atoms with Crippen molar-refractivity contribution in [1.29, 1.82) is 0 Å². The van der Waals surface area contributed by atoms with Crippen LogP contribution in [0.15, 0.2) is 78.0 Å². The van der Waals surface area contributed by atoms with Crippen molar-refractivity contribution < 1.29 is 9.72 Å². The van der Waals surface area contributed by atoms with Crippen LogP contribution in [0.3, 0.4) is 0 Å². The molecule has 0 aliphatic heterocycles. The fraction of sp³-hybridized carbons (Fsp3) is 0.0476. The lowest BCUT2D eigenvalue weighted by molar-refractivity contribution is -0.383. The molecule has 0 aliphatic carbocycles. The second-order valence-corrected chi connectivity index (χ2v) is 7.29. The Kier molecular flexibility index (Phi) is 5.26. The number of nitrogens with one attached hydrogen (secondary N) is 2. The zero-order valence-electron chi connectivity index (χ0n) is 15.2. The molecule has 0 radical (unpaired) electrons. The third-order valence-corrected chi connectivity index (χ3v) is 5.30. The second kappa shape index (κ2) is 8.15. The van der Waals surface area contributed by atoms with Gasteiger partial charge in [-0.2, -0.15) is 0 Å². The molecule has 0 aliphatic rings. The first-order valence-corrected chi connectivity index (χ1v) is 9.79. The molecule has 4 rings (SSSR count). The number of carbonyl (C=O) groups excluding carboxylic acids is 1. The minimum atomic E-state index is -0.469. The largest absolute Gasteiger partial charge is 0.345 e. The van der Waals surface area contributed by atoms with E-state index in [4.69, 9.17) is 0 Å². The average molecular weight is 404 g/mol. The van der Waals surface area contributed by atoms with Gasteiger partial charge < -0.3 is 10.3 Å². The van der Waals surface area contributed by atoms with E-state index in [1.54, 1.807) is 42.2 Å². The van der Waals surface area contributed by atoms with Crippen molar-refractivity contribution in [2.75, 3.05) is 5.32 Å². The minimum Gasteiger partial charge on any atom is -0.345 e. The summed E-state index contributed by atoms with van der Waals surface area (Å²) in [7, 11) is 0. The number of amides is 1. The third-order valence-electron chi connectivity index (χ3n) is 4.28. The summed E-state index contributed by atoms with van der Waals surface area (Å²) in [6.07, 6.45) is 1.75. The lowest BCUT2D eigenvalue weighted by Crippen LogP contribution is -2.12. The number of thioether (sulfide) groups is 1. The Morgan fingerprint density at radius 2 is 1.97 bits per heavy atom. The number of para-hydroxylation sites is 1. The van der Waals surface area contributed by atoms with Gasteiger partial charge in [-0.05, 0) is 35.9 Å². The SMILES string of the molecule is O=C(Nc1cccc(CSc2ccccn2)c1)c1cc2cccc([N+](=O)[O-])c2[nH]1. The number of non-ortho nitro benzene ring substituents is 1. The summed E-state index contributed by atoms with van der Waals surface area (Å²) in [6.45, 7) is 0. The molecule has 0 saturated carbocycles. The van der Waals surface area contributed by atoms with Gasteiger partial charge in [0.1, 0.15) is 11.2 Å². The zero-order chi connectivity index (χ0) is 20.2. The van der Waals surface area contributed by atoms with Crippen LogP contribution in [-0.4, -0.2) is 20.8 Å². The number of hydrogen-bond acceptors (Lipinski definition) is 5. The lowest BCUT2D eigenvalue weighted by atomic mass is 10.2. The van der Waals surface area contributed by atoms with Crippen LogP contribution in [0, 0.1) is 10.1 Å². The highest BCUT2D eigenvalue weighted by Gasteiger charge is 2.17. The summed E-state index contributed by atoms with van der Waals surface area (Å²) in [5, 5.41) is 15.6. The predicted molar refractivity (Wildman–Crippen MR) is 113 cm³/mol. The molecule has 29 heavy (non-hydrogen) atoms. The number of rotatable bonds is 6. The zero-order valence-corrected chi connectivity index (χ0v) is 16.0. The van der Waals surface area contributed by atoms with Gasteiger partial charge in [-0.15, -0.1) is 11.8 Å². The number of aromatic nitrogens is 2. The van der Waals surface area contributed by atoms with Gasteiger partial charge in [0.25, 0.3) is 11.6 Å². The molecule has 1 amide bonds. The Morgan fingerprint density at radius 1 is 1.10 bits per heavy atom. The molecule has 2 heterocycles. The van der Waals surface area contributed by atoms with Crippen LogP contribution in [0.4, 0.5) is 11.4 Å². The van der Waals surface area contributed by atoms with Crippen LogP contribution in [0.25, 0.3) is 10.9 Å². The van der Waals surface area contributed by atoms with Gasteiger partial charge >= 0.3 is 0 Å². The molecule has 7 nitrogen and oxygen atoms in total. The van der Waals surface area contributed by atoms with E-state index >= 15 is 0 Å². The van der Waals surface area contributed by atoms with Crippen LogP contribution in [0.5, 0.6) is 0 Å². The van der Waals surface area contributed by atoms with E-state index < -0.39 is 4.92 Å². The maximum absolute atomic E-state index is 12.6. The van der Waals surface area contributed by atoms with E-state index in [2.05, 4.69) is 15.3 Å². The summed E-state index contributed by atoms with van der Waals surface area (Å²) < 4.78 is 0. The number of benzene rings is 2. The van der Waals surface area contributed by atoms with Gasteiger partial charge in [0, 0.05) is 29.1 Å². The highest BCUT2D eigenvalue weighted by atomic mass is 32.2. The number of aromatic amines is 1. The average Bonchev–Trinajstić information content (AvgIpc) is 3.18. The number of nitrogens with zero attached hydrogens (tertiary/aromatic N) is 2. The first kappa shape index (κ1) is 18.7. The molecule has 0 atom stereocenters. The van der Waals surface area contributed by atoms with Gasteiger partial charge in [0.05, 0.1) is 9.95 Å². The summed E-state index contributed by atoms with van der Waals surface area (Å²) in [5.74, 6) is 0.365. The molecule has 0 bridgehead atoms. The Balaban J connectivity index is 1.49. The number of hydrogen-bond donors (Lipinski definition) is 2. The van der Waals surface area contributed by atoms with Crippen LogP contribution in [-0.2, 0) is 5.75 Å². The first-order chi connectivity index (χ1) is 14.1. The van der Waals surface area contributed by atoms with E-state index in [9.17, 15) is 14.9 Å². The van der Waals surface area contributed by atoms with Gasteiger partial charge in [-0.3, -0.25) is 14.9 Å². The van der Waals surface area contributed by atoms with Gasteiger partial charge in [-0.25, -0.2) is 4.98 Å². The van der Waals surface area contributed by atoms with E-state index in [0.717, 1.165) is 16.3 Å². The fourth-order valence-corrected chi connectivity index (χ4v) is 3.75. The van der Waals surface area contributed by atoms with E-state index in [0.29, 0.717) is 16.6 Å². The molecule has 0 saturated heterocycles. The highest BCUT2D eigenvalue weighted by molar-refractivity contribution is 7.98. The van der Waals surface area contributed by atoms with Gasteiger partial charge in [-0.1, -0.05) is 30.3 Å². The summed E-state index contributed by atoms with van der Waals surface area (Å²) >= 11 is 1.61. The van der Waals surface area contributed by atoms with Crippen molar-refractivity contribution in [2.45, 2.75) is 10.8 Å². The Bertz CT molecular complexity index is 1190. The second-order valence-electron chi connectivity index (χ2n) is 6.29. The number of anilines is 1. The van der Waals surface area contributed by atoms with Crippen LogP contribution >= 0.6 is 11.8 Å². The van der Waals surface area contributed by atoms with E-state index in [-0.39, 0.29) is 17.3 Å². The smallest absolute Gasteiger partial charge is 0.293 e. The number of fused-ring (bicyclic) bond motifs is 1. The summed E-state index contributed by atoms with van der Waals surface area (Å²) in [4.78, 5) is 30.5. The molecule has 0 fully saturated rings. The van der Waals surface area contributed by atoms with Gasteiger partial charge in [0.2, 0.25) is 0 Å². The van der Waals surface area contributed by atoms with Crippen molar-refractivity contribution in [3.8, 4) is 0 Å². The van der Waals surface area contributed by atoms with Crippen molar-refractivity contribution in [3.05, 3.63) is 94.3 Å². The molecule has 0 spiro atoms. The van der Waals surface area contributed by atoms with Crippen molar-refractivity contribution >= 4 is 39.9 Å². The molecule has 2 aromatic heterocycles. The maximum Gasteiger partial charge on any atom is 0.293 e. The fourth-order valence-electron chi connectivity index (χ4n) is 2.94. The quantitative estimate of drug-likeness (QED) is 0.267. The molecular formula is C21H16N4O3S. The Morgan fingerprint density at radius 3 is 2.76 bits per heavy atom. The molecule has 4 aromatic rings. The normalized spacial score (nSPS) is 10.8. The number of carbonyl (C=O) groups is 1. The van der Waals surface area contributed by atoms with Crippen molar-refractivity contribution in [1.82, 2.24) is 9.97 Å². The molecule has 2 N–H and O–H groups in total. The number of nitro benzene ring substituents is 1. The molecule has 2 aromatic carbocycles. The third kappa shape index (κ3) is 4.27. The number of pyridine rings is 1. The van der Waals surface area contributed by atoms with Gasteiger partial charge in [0.15, 0.2) is 0 Å². The van der Waals surface area contributed by atoms with E-state index in [1.807, 2.05) is 36.4 Å². The van der Waals surface area contributed by atoms with Crippen LogP contribution in [0.1, 0.15) is 16.1 Å². The maximum atomic E-state index is 12.6. The Labute approximate surface area is 170 Å². The number of H-pyrrole nitrogens is 1. The monoisotopic (exact) mass is 404 g/mol. The minimum absolute atomic E-state index is 0.0601. The standard InChI is InChI=1S/C21H16N4O3S/c26-21(17-12-15-6-4-8-18(25(27)28)20(15)24-17)23-16-7-3-5-14(11-16)13-29-19-9-1-2-10-22-19/h1-12,24H,13H2,(H,23,26). The molecule has 8 heteroatoms. The summed E-state index contributed by atoms with van der Waals surface area (Å²) in [5.41, 5.74) is 2.24. The Hall–Kier alpha value is -3.65. The predicted octanol–water partition coefficient (Wildman–Crippen LogP) is 5.02. The number of nitro groups is 1. The molecule has 144 valence electrons. The van der Waals surface area contributed by atoms with Crippen LogP contribution < -0.4 is 5.32 Å². The van der Waals surface area contributed by atoms with E-state index in [1.165, 1.54) is 6.07 Å². The van der Waals surface area contributed by atoms with Crippen molar-refractivity contribution in [3.63, 3.8) is 0 Å². The highest BCUT2D eigenvalue weighted by Crippen LogP contribution is 2.26. The topological polar surface area (TPSA) is 101 Å². The first-order valence-electron chi connectivity index (χ1n) is 8.80. The lowest BCUT2D eigenvalue weighted by Gasteiger charge is -2.07. The molecule has 0 unspecified atom stereocenters. The van der Waals surface area contributed by atoms with Crippen molar-refractivity contribution in [2.24, 2.45) is 0 Å². The molecular weight excluding hydrogens is 388 g/mol.